The first-order valence-corrected chi connectivity index (χ1v) is 9.48. The molecule has 4 aromatic rings. The van der Waals surface area contributed by atoms with E-state index in [2.05, 4.69) is 10.3 Å². The number of carboxylic acids is 1. The van der Waals surface area contributed by atoms with Crippen molar-refractivity contribution in [3.05, 3.63) is 95.3 Å². The van der Waals surface area contributed by atoms with E-state index in [4.69, 9.17) is 9.15 Å². The van der Waals surface area contributed by atoms with Crippen molar-refractivity contribution in [2.24, 2.45) is 4.99 Å². The Labute approximate surface area is 181 Å². The molecule has 0 radical (unpaired) electrons. The predicted octanol–water partition coefficient (Wildman–Crippen LogP) is 3.43. The number of anilines is 1. The van der Waals surface area contributed by atoms with Gasteiger partial charge in [-0.25, -0.2) is 9.38 Å². The van der Waals surface area contributed by atoms with Crippen LogP contribution < -0.4 is 20.7 Å². The molecule has 0 saturated carbocycles. The number of ether oxygens (including phenoxy) is 1. The zero-order valence-corrected chi connectivity index (χ0v) is 16.8. The highest BCUT2D eigenvalue weighted by Crippen LogP contribution is 2.25. The van der Waals surface area contributed by atoms with Gasteiger partial charge in [0, 0.05) is 11.1 Å². The Morgan fingerprint density at radius 2 is 1.75 bits per heavy atom. The molecule has 0 aliphatic rings. The maximum Gasteiger partial charge on any atom is 0.261 e. The maximum atomic E-state index is 13.2. The summed E-state index contributed by atoms with van der Waals surface area (Å²) in [5.41, 5.74) is 1.26. The lowest BCUT2D eigenvalue weighted by molar-refractivity contribution is -0.255. The van der Waals surface area contributed by atoms with Gasteiger partial charge in [-0.2, -0.15) is 0 Å². The second-order valence-electron chi connectivity index (χ2n) is 6.75. The number of amides is 1. The van der Waals surface area contributed by atoms with Crippen LogP contribution in [-0.2, 0) is 0 Å². The van der Waals surface area contributed by atoms with Crippen molar-refractivity contribution >= 4 is 34.2 Å². The van der Waals surface area contributed by atoms with Crippen molar-refractivity contribution in [2.75, 3.05) is 12.4 Å². The smallest absolute Gasteiger partial charge is 0.261 e. The summed E-state index contributed by atoms with van der Waals surface area (Å²) in [6.45, 7) is 0. The molecule has 32 heavy (non-hydrogen) atoms. The lowest BCUT2D eigenvalue weighted by Gasteiger charge is -2.09. The van der Waals surface area contributed by atoms with Crippen LogP contribution in [-0.4, -0.2) is 19.0 Å². The van der Waals surface area contributed by atoms with E-state index in [0.717, 1.165) is 0 Å². The molecule has 4 rings (SSSR count). The molecule has 1 heterocycles. The fourth-order valence-corrected chi connectivity index (χ4v) is 3.05. The number of nitrogens with zero attached hydrogens (tertiary/aromatic N) is 1. The van der Waals surface area contributed by atoms with Gasteiger partial charge >= 0.3 is 0 Å². The van der Waals surface area contributed by atoms with Crippen molar-refractivity contribution in [2.45, 2.75) is 0 Å². The summed E-state index contributed by atoms with van der Waals surface area (Å²) >= 11 is 0. The van der Waals surface area contributed by atoms with E-state index in [9.17, 15) is 19.1 Å². The summed E-state index contributed by atoms with van der Waals surface area (Å²) in [5, 5.41) is 14.3. The van der Waals surface area contributed by atoms with Gasteiger partial charge in [0.2, 0.25) is 5.55 Å². The van der Waals surface area contributed by atoms with E-state index in [1.807, 2.05) is 0 Å². The topological polar surface area (TPSA) is 104 Å². The van der Waals surface area contributed by atoms with Crippen LogP contribution in [0.4, 0.5) is 15.8 Å². The Hall–Kier alpha value is -4.46. The number of halogens is 1. The van der Waals surface area contributed by atoms with Crippen molar-refractivity contribution < 1.29 is 28.2 Å². The Morgan fingerprint density at radius 1 is 1.03 bits per heavy atom. The number of para-hydroxylation sites is 1. The van der Waals surface area contributed by atoms with Crippen LogP contribution in [0.15, 0.2) is 82.2 Å². The molecule has 7 nitrogen and oxygen atoms in total. The second kappa shape index (κ2) is 8.73. The molecule has 0 bridgehead atoms. The summed E-state index contributed by atoms with van der Waals surface area (Å²) in [5.74, 6) is -1.80. The van der Waals surface area contributed by atoms with Gasteiger partial charge in [0.25, 0.3) is 5.91 Å². The molecule has 8 heteroatoms. The highest BCUT2D eigenvalue weighted by atomic mass is 19.1. The van der Waals surface area contributed by atoms with E-state index in [1.54, 1.807) is 24.3 Å². The van der Waals surface area contributed by atoms with Gasteiger partial charge in [0.05, 0.1) is 18.8 Å². The highest BCUT2D eigenvalue weighted by Gasteiger charge is 2.15. The van der Waals surface area contributed by atoms with Gasteiger partial charge < -0.3 is 24.4 Å². The van der Waals surface area contributed by atoms with Crippen molar-refractivity contribution in [3.63, 3.8) is 0 Å². The molecule has 1 aromatic heterocycles. The Balaban J connectivity index is 1.85. The average molecular weight is 431 g/mol. The van der Waals surface area contributed by atoms with Crippen LogP contribution in [0.1, 0.15) is 20.7 Å². The monoisotopic (exact) mass is 431 g/mol. The normalized spacial score (nSPS) is 11.4. The number of hydrogen-bond donors (Lipinski definition) is 1. The number of carboxylic acid groups (broad SMARTS) is 1. The van der Waals surface area contributed by atoms with Crippen LogP contribution in [0.2, 0.25) is 0 Å². The third-order valence-corrected chi connectivity index (χ3v) is 4.64. The zero-order valence-electron chi connectivity index (χ0n) is 16.8. The summed E-state index contributed by atoms with van der Waals surface area (Å²) in [6, 6.07) is 17.8. The van der Waals surface area contributed by atoms with Gasteiger partial charge in [0.1, 0.15) is 11.4 Å². The molecule has 1 amide bonds. The molecule has 3 aromatic carbocycles. The van der Waals surface area contributed by atoms with Gasteiger partial charge in [0.15, 0.2) is 11.3 Å². The fraction of sp³-hybridized carbons (Fsp3) is 0.0417. The minimum Gasteiger partial charge on any atom is -0.545 e. The van der Waals surface area contributed by atoms with E-state index < -0.39 is 17.7 Å². The van der Waals surface area contributed by atoms with Crippen molar-refractivity contribution in [3.8, 4) is 5.75 Å². The summed E-state index contributed by atoms with van der Waals surface area (Å²) in [6.07, 6.45) is 0. The standard InChI is InChI=1S/C24H17FN2O5/c1-31-20-4-2-3-15-13-19(22(28)26-17-11-7-16(25)8-12-17)23(32-21(15)20)27-18-9-5-14(6-10-18)24(29)30/h2-13H,1H3,(H,26,28)(H,29,30)/p-1. The van der Waals surface area contributed by atoms with Gasteiger partial charge in [-0.15, -0.1) is 0 Å². The molecule has 0 aliphatic carbocycles. The number of carbonyl (C=O) groups is 2. The van der Waals surface area contributed by atoms with E-state index in [1.165, 1.54) is 55.6 Å². The fourth-order valence-electron chi connectivity index (χ4n) is 3.05. The number of benzene rings is 3. The number of methoxy groups -OCH3 is 1. The van der Waals surface area contributed by atoms with E-state index in [0.29, 0.717) is 28.1 Å². The van der Waals surface area contributed by atoms with Crippen LogP contribution in [0.5, 0.6) is 5.75 Å². The molecule has 0 unspecified atom stereocenters. The number of fused-ring (bicyclic) bond motifs is 1. The first-order chi connectivity index (χ1) is 15.4. The second-order valence-corrected chi connectivity index (χ2v) is 6.75. The minimum atomic E-state index is -1.31. The number of hydrogen-bond acceptors (Lipinski definition) is 6. The SMILES string of the molecule is COc1cccc2cc(C(=O)Nc3ccc(F)cc3)c(=Nc3ccc(C(=O)[O-])cc3)oc12. The number of aromatic carboxylic acids is 1. The number of rotatable bonds is 5. The molecule has 0 fully saturated rings. The summed E-state index contributed by atoms with van der Waals surface area (Å²) < 4.78 is 24.5. The van der Waals surface area contributed by atoms with E-state index >= 15 is 0 Å². The highest BCUT2D eigenvalue weighted by molar-refractivity contribution is 6.05. The molecule has 0 atom stereocenters. The zero-order chi connectivity index (χ0) is 22.7. The average Bonchev–Trinajstić information content (AvgIpc) is 2.80. The molecule has 1 N–H and O–H groups in total. The largest absolute Gasteiger partial charge is 0.545 e. The molecule has 0 spiro atoms. The molecule has 0 saturated heterocycles. The molecule has 0 aliphatic heterocycles. The van der Waals surface area contributed by atoms with E-state index in [-0.39, 0.29) is 16.7 Å². The molecular weight excluding hydrogens is 415 g/mol. The van der Waals surface area contributed by atoms with Gasteiger partial charge in [-0.1, -0.05) is 24.3 Å². The van der Waals surface area contributed by atoms with Crippen molar-refractivity contribution in [1.29, 1.82) is 0 Å². The first-order valence-electron chi connectivity index (χ1n) is 9.48. The minimum absolute atomic E-state index is 0.00431. The van der Waals surface area contributed by atoms with Gasteiger partial charge in [-0.05, 0) is 54.1 Å². The first kappa shape index (κ1) is 20.8. The number of carbonyl (C=O) groups excluding carboxylic acids is 2. The van der Waals surface area contributed by atoms with Crippen LogP contribution in [0.3, 0.4) is 0 Å². The van der Waals surface area contributed by atoms with Crippen molar-refractivity contribution in [1.82, 2.24) is 0 Å². The van der Waals surface area contributed by atoms with Crippen LogP contribution in [0, 0.1) is 5.82 Å². The summed E-state index contributed by atoms with van der Waals surface area (Å²) in [7, 11) is 1.49. The lowest BCUT2D eigenvalue weighted by Crippen LogP contribution is -2.22. The summed E-state index contributed by atoms with van der Waals surface area (Å²) in [4.78, 5) is 28.4. The predicted molar refractivity (Wildman–Crippen MR) is 113 cm³/mol. The third-order valence-electron chi connectivity index (χ3n) is 4.64. The maximum absolute atomic E-state index is 13.2. The van der Waals surface area contributed by atoms with Gasteiger partial charge in [-0.3, -0.25) is 4.79 Å². The molecular formula is C24H16FN2O5-. The Bertz CT molecular complexity index is 1380. The third kappa shape index (κ3) is 4.34. The van der Waals surface area contributed by atoms with Crippen LogP contribution in [0.25, 0.3) is 11.0 Å². The number of nitrogens with one attached hydrogen (secondary N) is 1. The Kier molecular flexibility index (Phi) is 5.67. The quantitative estimate of drug-likeness (QED) is 0.521. The Morgan fingerprint density at radius 3 is 2.41 bits per heavy atom. The van der Waals surface area contributed by atoms with Crippen LogP contribution >= 0.6 is 0 Å². The molecule has 160 valence electrons. The lowest BCUT2D eigenvalue weighted by atomic mass is 10.1.